The maximum Gasteiger partial charge on any atom is 0.255 e. The Hall–Kier alpha value is -2.56. The van der Waals surface area contributed by atoms with Crippen LogP contribution in [-0.4, -0.2) is 26.1 Å². The first-order valence-corrected chi connectivity index (χ1v) is 8.59. The van der Waals surface area contributed by atoms with Crippen LogP contribution in [0, 0.1) is 12.7 Å². The van der Waals surface area contributed by atoms with E-state index in [1.807, 2.05) is 13.0 Å². The fourth-order valence-electron chi connectivity index (χ4n) is 3.17. The zero-order valence-corrected chi connectivity index (χ0v) is 14.6. The number of hydrogen-bond donors (Lipinski definition) is 1. The van der Waals surface area contributed by atoms with E-state index in [2.05, 4.69) is 10.2 Å². The number of benzene rings is 2. The molecule has 3 rings (SSSR count). The van der Waals surface area contributed by atoms with Crippen LogP contribution in [0.4, 0.5) is 15.8 Å². The molecule has 5 heteroatoms. The van der Waals surface area contributed by atoms with E-state index in [1.54, 1.807) is 25.3 Å². The molecule has 1 fully saturated rings. The van der Waals surface area contributed by atoms with Crippen molar-refractivity contribution in [2.24, 2.45) is 0 Å². The lowest BCUT2D eigenvalue weighted by Gasteiger charge is -2.30. The summed E-state index contributed by atoms with van der Waals surface area (Å²) in [5, 5.41) is 2.86. The number of methoxy groups -OCH3 is 1. The molecule has 4 nitrogen and oxygen atoms in total. The van der Waals surface area contributed by atoms with Gasteiger partial charge in [0.2, 0.25) is 0 Å². The summed E-state index contributed by atoms with van der Waals surface area (Å²) in [5.41, 5.74) is 2.81. The number of ether oxygens (including phenoxy) is 1. The quantitative estimate of drug-likeness (QED) is 0.896. The van der Waals surface area contributed by atoms with Crippen molar-refractivity contribution >= 4 is 17.3 Å². The molecule has 0 spiro atoms. The van der Waals surface area contributed by atoms with Crippen molar-refractivity contribution in [2.75, 3.05) is 30.4 Å². The van der Waals surface area contributed by atoms with E-state index in [0.717, 1.165) is 37.2 Å². The molecule has 25 heavy (non-hydrogen) atoms. The molecule has 2 aromatic carbocycles. The molecule has 132 valence electrons. The van der Waals surface area contributed by atoms with Gasteiger partial charge in [-0.05, 0) is 62.1 Å². The molecule has 0 bridgehead atoms. The van der Waals surface area contributed by atoms with Gasteiger partial charge in [-0.3, -0.25) is 4.79 Å². The maximum absolute atomic E-state index is 13.7. The van der Waals surface area contributed by atoms with Crippen LogP contribution < -0.4 is 15.0 Å². The fraction of sp³-hybridized carbons (Fsp3) is 0.350. The highest BCUT2D eigenvalue weighted by atomic mass is 19.1. The van der Waals surface area contributed by atoms with Crippen LogP contribution in [0.3, 0.4) is 0 Å². The van der Waals surface area contributed by atoms with Crippen LogP contribution in [0.25, 0.3) is 0 Å². The number of nitrogens with one attached hydrogen (secondary N) is 1. The molecule has 1 N–H and O–H groups in total. The standard InChI is InChI=1S/C20H23FN2O2/c1-14-6-7-15(12-19(14)25-2)20(24)22-17-13-16(21)8-9-18(17)23-10-4-3-5-11-23/h6-9,12-13H,3-5,10-11H2,1-2H3,(H,22,24). The minimum absolute atomic E-state index is 0.276. The van der Waals surface area contributed by atoms with Crippen molar-refractivity contribution in [3.05, 3.63) is 53.3 Å². The third-order valence-electron chi connectivity index (χ3n) is 4.57. The highest BCUT2D eigenvalue weighted by Crippen LogP contribution is 2.30. The van der Waals surface area contributed by atoms with Crippen molar-refractivity contribution in [2.45, 2.75) is 26.2 Å². The minimum atomic E-state index is -0.363. The lowest BCUT2D eigenvalue weighted by atomic mass is 10.1. The van der Waals surface area contributed by atoms with Crippen molar-refractivity contribution < 1.29 is 13.9 Å². The molecule has 0 aliphatic carbocycles. The second-order valence-electron chi connectivity index (χ2n) is 6.35. The van der Waals surface area contributed by atoms with Gasteiger partial charge in [-0.1, -0.05) is 6.07 Å². The number of aryl methyl sites for hydroxylation is 1. The molecule has 1 amide bonds. The van der Waals surface area contributed by atoms with Crippen molar-refractivity contribution in [1.29, 1.82) is 0 Å². The van der Waals surface area contributed by atoms with Crippen LogP contribution in [0.5, 0.6) is 5.75 Å². The Kier molecular flexibility index (Phi) is 5.22. The summed E-state index contributed by atoms with van der Waals surface area (Å²) < 4.78 is 19.0. The number of nitrogens with zero attached hydrogens (tertiary/aromatic N) is 1. The van der Waals surface area contributed by atoms with E-state index >= 15 is 0 Å². The van der Waals surface area contributed by atoms with E-state index in [1.165, 1.54) is 18.6 Å². The van der Waals surface area contributed by atoms with E-state index in [-0.39, 0.29) is 11.7 Å². The average molecular weight is 342 g/mol. The number of anilines is 2. The third kappa shape index (κ3) is 3.92. The van der Waals surface area contributed by atoms with Crippen molar-refractivity contribution in [1.82, 2.24) is 0 Å². The molecular formula is C20H23FN2O2. The van der Waals surface area contributed by atoms with Gasteiger partial charge in [0.25, 0.3) is 5.91 Å². The van der Waals surface area contributed by atoms with Crippen molar-refractivity contribution in [3.8, 4) is 5.75 Å². The number of halogens is 1. The van der Waals surface area contributed by atoms with Gasteiger partial charge in [-0.2, -0.15) is 0 Å². The van der Waals surface area contributed by atoms with Crippen LogP contribution in [0.15, 0.2) is 36.4 Å². The lowest BCUT2D eigenvalue weighted by molar-refractivity contribution is 0.102. The van der Waals surface area contributed by atoms with Crippen LogP contribution >= 0.6 is 0 Å². The molecule has 0 unspecified atom stereocenters. The highest BCUT2D eigenvalue weighted by Gasteiger charge is 2.17. The zero-order chi connectivity index (χ0) is 17.8. The monoisotopic (exact) mass is 342 g/mol. The second-order valence-corrected chi connectivity index (χ2v) is 6.35. The summed E-state index contributed by atoms with van der Waals surface area (Å²) in [6.45, 7) is 3.77. The predicted molar refractivity (Wildman–Crippen MR) is 98.1 cm³/mol. The Bertz CT molecular complexity index is 770. The van der Waals surface area contributed by atoms with Gasteiger partial charge in [-0.15, -0.1) is 0 Å². The minimum Gasteiger partial charge on any atom is -0.496 e. The average Bonchev–Trinajstić information content (AvgIpc) is 2.63. The summed E-state index contributed by atoms with van der Waals surface area (Å²) in [7, 11) is 1.57. The second kappa shape index (κ2) is 7.55. The first-order chi connectivity index (χ1) is 12.1. The first-order valence-electron chi connectivity index (χ1n) is 8.59. The maximum atomic E-state index is 13.7. The normalized spacial score (nSPS) is 14.3. The van der Waals surface area contributed by atoms with Crippen LogP contribution in [0.1, 0.15) is 35.2 Å². The molecule has 2 aromatic rings. The van der Waals surface area contributed by atoms with Gasteiger partial charge in [0.1, 0.15) is 11.6 Å². The van der Waals surface area contributed by atoms with Gasteiger partial charge < -0.3 is 15.0 Å². The molecule has 1 saturated heterocycles. The zero-order valence-electron chi connectivity index (χ0n) is 14.6. The number of amides is 1. The molecule has 0 aromatic heterocycles. The summed E-state index contributed by atoms with van der Waals surface area (Å²) in [4.78, 5) is 14.8. The Morgan fingerprint density at radius 3 is 2.60 bits per heavy atom. The van der Waals surface area contributed by atoms with Gasteiger partial charge in [0.05, 0.1) is 18.5 Å². The molecular weight excluding hydrogens is 319 g/mol. The summed E-state index contributed by atoms with van der Waals surface area (Å²) in [6, 6.07) is 9.84. The first kappa shape index (κ1) is 17.3. The molecule has 1 heterocycles. The third-order valence-corrected chi connectivity index (χ3v) is 4.57. The number of hydrogen-bond acceptors (Lipinski definition) is 3. The van der Waals surface area contributed by atoms with Crippen molar-refractivity contribution in [3.63, 3.8) is 0 Å². The van der Waals surface area contributed by atoms with E-state index in [4.69, 9.17) is 4.74 Å². The smallest absolute Gasteiger partial charge is 0.255 e. The fourth-order valence-corrected chi connectivity index (χ4v) is 3.17. The summed E-state index contributed by atoms with van der Waals surface area (Å²) >= 11 is 0. The SMILES string of the molecule is COc1cc(C(=O)Nc2cc(F)ccc2N2CCCCC2)ccc1C. The Morgan fingerprint density at radius 2 is 1.88 bits per heavy atom. The number of carbonyl (C=O) groups is 1. The number of carbonyl (C=O) groups excluding carboxylic acids is 1. The Labute approximate surface area is 147 Å². The van der Waals surface area contributed by atoms with Gasteiger partial charge >= 0.3 is 0 Å². The van der Waals surface area contributed by atoms with Crippen LogP contribution in [-0.2, 0) is 0 Å². The van der Waals surface area contributed by atoms with E-state index in [9.17, 15) is 9.18 Å². The number of piperidine rings is 1. The van der Waals surface area contributed by atoms with E-state index in [0.29, 0.717) is 17.0 Å². The molecule has 0 atom stereocenters. The largest absolute Gasteiger partial charge is 0.496 e. The Morgan fingerprint density at radius 1 is 1.12 bits per heavy atom. The highest BCUT2D eigenvalue weighted by molar-refractivity contribution is 6.06. The molecule has 1 aliphatic heterocycles. The Balaban J connectivity index is 1.86. The van der Waals surface area contributed by atoms with Gasteiger partial charge in [-0.25, -0.2) is 4.39 Å². The topological polar surface area (TPSA) is 41.6 Å². The summed E-state index contributed by atoms with van der Waals surface area (Å²) in [6.07, 6.45) is 3.43. The molecule has 0 saturated carbocycles. The molecule has 1 aliphatic rings. The van der Waals surface area contributed by atoms with E-state index < -0.39 is 0 Å². The number of rotatable bonds is 4. The van der Waals surface area contributed by atoms with Crippen LogP contribution in [0.2, 0.25) is 0 Å². The lowest BCUT2D eigenvalue weighted by Crippen LogP contribution is -2.30. The summed E-state index contributed by atoms with van der Waals surface area (Å²) in [5.74, 6) is 0.0165. The predicted octanol–water partition coefficient (Wildman–Crippen LogP) is 4.39. The van der Waals surface area contributed by atoms with Gasteiger partial charge in [0.15, 0.2) is 0 Å². The van der Waals surface area contributed by atoms with Gasteiger partial charge in [0, 0.05) is 18.7 Å². The molecule has 0 radical (unpaired) electrons.